The quantitative estimate of drug-likeness (QED) is 0.0282. The molecule has 0 heterocycles. The lowest BCUT2D eigenvalue weighted by Crippen LogP contribution is -2.50. The average Bonchev–Trinajstić information content (AvgIpc) is 3.21. The van der Waals surface area contributed by atoms with Crippen LogP contribution in [-0.2, 0) is 28.6 Å². The molecule has 2 unspecified atom stereocenters. The van der Waals surface area contributed by atoms with Gasteiger partial charge in [-0.05, 0) is 77.0 Å². The number of carbonyl (C=O) groups excluding carboxylic acids is 2. The lowest BCUT2D eigenvalue weighted by molar-refractivity contribution is -0.887. The van der Waals surface area contributed by atoms with E-state index in [-0.39, 0.29) is 36.2 Å². The van der Waals surface area contributed by atoms with E-state index in [9.17, 15) is 19.5 Å². The summed E-state index contributed by atoms with van der Waals surface area (Å²) in [4.78, 5) is 37.1. The summed E-state index contributed by atoms with van der Waals surface area (Å²) in [6.07, 6.45) is 52.7. The summed E-state index contributed by atoms with van der Waals surface area (Å²) in [7, 11) is 5.52. The van der Waals surface area contributed by atoms with Gasteiger partial charge in [0.15, 0.2) is 12.1 Å². The highest BCUT2D eigenvalue weighted by atomic mass is 16.6. The number of quaternary nitrogens is 1. The van der Waals surface area contributed by atoms with Gasteiger partial charge in [0, 0.05) is 19.3 Å². The van der Waals surface area contributed by atoms with E-state index in [1.165, 1.54) is 96.3 Å². The summed E-state index contributed by atoms with van der Waals surface area (Å²) in [5.41, 5.74) is 0. The third-order valence-corrected chi connectivity index (χ3v) is 10.7. The highest BCUT2D eigenvalue weighted by Gasteiger charge is 2.31. The number of esters is 2. The predicted molar refractivity (Wildman–Crippen MR) is 252 cm³/mol. The van der Waals surface area contributed by atoms with Crippen molar-refractivity contribution in [2.45, 2.75) is 212 Å². The monoisotopic (exact) mass is 843 g/mol. The maximum atomic E-state index is 12.8. The summed E-state index contributed by atoms with van der Waals surface area (Å²) < 4.78 is 17.3. The molecule has 2 atom stereocenters. The van der Waals surface area contributed by atoms with Crippen LogP contribution >= 0.6 is 0 Å². The van der Waals surface area contributed by atoms with Crippen molar-refractivity contribution in [3.05, 3.63) is 60.8 Å². The molecule has 0 aliphatic rings. The van der Waals surface area contributed by atoms with Gasteiger partial charge in [-0.25, -0.2) is 4.79 Å². The van der Waals surface area contributed by atoms with Crippen molar-refractivity contribution in [1.29, 1.82) is 0 Å². The Hall–Kier alpha value is -2.97. The van der Waals surface area contributed by atoms with Gasteiger partial charge in [0.1, 0.15) is 6.61 Å². The standard InChI is InChI=1S/C52H91NO7/c1-6-8-10-12-14-16-18-20-22-24-25-26-27-29-31-33-35-37-39-41-43-51(55)60-48(46-58-45-44-49(52(56)57)53(3,4)5)47-59-50(54)42-40-38-36-34-32-30-28-23-21-19-17-15-13-11-9-7-2/h9,11,15,17,21,23,25-26,30,32,48-49H,6-8,10,12-14,16,18-20,22,24,27-29,31,33-47H2,1-5H3/p+1/b11-9+,17-15+,23-21+,26-25+,32-30+. The molecule has 0 spiro atoms. The molecule has 0 rings (SSSR count). The largest absolute Gasteiger partial charge is 0.477 e. The van der Waals surface area contributed by atoms with E-state index in [1.54, 1.807) is 0 Å². The van der Waals surface area contributed by atoms with Gasteiger partial charge in [0.05, 0.1) is 34.4 Å². The minimum Gasteiger partial charge on any atom is -0.477 e. The van der Waals surface area contributed by atoms with E-state index in [0.717, 1.165) is 70.6 Å². The van der Waals surface area contributed by atoms with E-state index in [2.05, 4.69) is 74.6 Å². The third kappa shape index (κ3) is 40.4. The van der Waals surface area contributed by atoms with Crippen LogP contribution in [0, 0.1) is 0 Å². The fraction of sp³-hybridized carbons (Fsp3) is 0.750. The number of aliphatic carboxylic acids is 1. The van der Waals surface area contributed by atoms with Gasteiger partial charge in [0.25, 0.3) is 0 Å². The molecule has 60 heavy (non-hydrogen) atoms. The predicted octanol–water partition coefficient (Wildman–Crippen LogP) is 13.8. The molecule has 0 saturated heterocycles. The van der Waals surface area contributed by atoms with Crippen LogP contribution in [0.5, 0.6) is 0 Å². The SMILES string of the molecule is CC/C=C/C/C=C/C/C=C/C/C=C/CCCCCC(=O)OCC(COCCC(C(=O)O)[N+](C)(C)C)OC(=O)CCCCCCCCC/C=C/CCCCCCCCCCC. The molecule has 0 fully saturated rings. The van der Waals surface area contributed by atoms with E-state index in [1.807, 2.05) is 21.1 Å². The number of hydrogen-bond acceptors (Lipinski definition) is 6. The Bertz CT molecular complexity index is 1170. The van der Waals surface area contributed by atoms with Crippen LogP contribution in [0.1, 0.15) is 200 Å². The number of nitrogens with zero attached hydrogens (tertiary/aromatic N) is 1. The Morgan fingerprint density at radius 3 is 1.42 bits per heavy atom. The first-order valence-corrected chi connectivity index (χ1v) is 24.3. The number of likely N-dealkylation sites (N-methyl/N-ethyl adjacent to an activating group) is 1. The van der Waals surface area contributed by atoms with E-state index < -0.39 is 18.1 Å². The Labute approximate surface area is 368 Å². The number of carboxylic acid groups (broad SMARTS) is 1. The number of carboxylic acids is 1. The number of ether oxygens (including phenoxy) is 3. The van der Waals surface area contributed by atoms with E-state index >= 15 is 0 Å². The second-order valence-corrected chi connectivity index (χ2v) is 17.3. The highest BCUT2D eigenvalue weighted by molar-refractivity contribution is 5.72. The minimum atomic E-state index is -0.881. The van der Waals surface area contributed by atoms with Gasteiger partial charge >= 0.3 is 17.9 Å². The summed E-state index contributed by atoms with van der Waals surface area (Å²) >= 11 is 0. The zero-order valence-electron chi connectivity index (χ0n) is 39.4. The molecule has 0 amide bonds. The first-order chi connectivity index (χ1) is 29.1. The summed E-state index contributed by atoms with van der Waals surface area (Å²) in [6.45, 7) is 4.59. The van der Waals surface area contributed by atoms with E-state index in [0.29, 0.717) is 19.3 Å². The van der Waals surface area contributed by atoms with Crippen molar-refractivity contribution in [2.24, 2.45) is 0 Å². The highest BCUT2D eigenvalue weighted by Crippen LogP contribution is 2.14. The van der Waals surface area contributed by atoms with Gasteiger partial charge in [-0.15, -0.1) is 0 Å². The second kappa shape index (κ2) is 42.7. The molecule has 0 aliphatic carbocycles. The molecular weight excluding hydrogens is 751 g/mol. The number of allylic oxidation sites excluding steroid dienone is 10. The molecule has 346 valence electrons. The Balaban J connectivity index is 4.33. The Kier molecular flexibility index (Phi) is 40.6. The normalized spacial score (nSPS) is 13.4. The maximum absolute atomic E-state index is 12.8. The van der Waals surface area contributed by atoms with Crippen LogP contribution in [0.2, 0.25) is 0 Å². The zero-order chi connectivity index (χ0) is 44.2. The molecule has 0 aliphatic heterocycles. The first kappa shape index (κ1) is 57.0. The Morgan fingerprint density at radius 2 is 0.933 bits per heavy atom. The van der Waals surface area contributed by atoms with Gasteiger partial charge < -0.3 is 23.8 Å². The first-order valence-electron chi connectivity index (χ1n) is 24.3. The fourth-order valence-corrected chi connectivity index (χ4v) is 6.90. The van der Waals surface area contributed by atoms with Crippen LogP contribution in [0.25, 0.3) is 0 Å². The molecule has 0 saturated carbocycles. The van der Waals surface area contributed by atoms with Crippen molar-refractivity contribution < 1.29 is 38.2 Å². The Morgan fingerprint density at radius 1 is 0.517 bits per heavy atom. The van der Waals surface area contributed by atoms with Gasteiger partial charge in [-0.1, -0.05) is 164 Å². The van der Waals surface area contributed by atoms with Crippen LogP contribution in [0.3, 0.4) is 0 Å². The lowest BCUT2D eigenvalue weighted by atomic mass is 10.1. The summed E-state index contributed by atoms with van der Waals surface area (Å²) in [5.74, 6) is -1.51. The van der Waals surface area contributed by atoms with Crippen LogP contribution < -0.4 is 0 Å². The van der Waals surface area contributed by atoms with Crippen molar-refractivity contribution in [1.82, 2.24) is 0 Å². The van der Waals surface area contributed by atoms with Crippen LogP contribution in [0.4, 0.5) is 0 Å². The molecule has 8 nitrogen and oxygen atoms in total. The zero-order valence-corrected chi connectivity index (χ0v) is 39.4. The molecule has 0 bridgehead atoms. The number of unbranched alkanes of at least 4 members (excludes halogenated alkanes) is 19. The minimum absolute atomic E-state index is 0.0474. The van der Waals surface area contributed by atoms with Crippen molar-refractivity contribution in [3.8, 4) is 0 Å². The fourth-order valence-electron chi connectivity index (χ4n) is 6.90. The van der Waals surface area contributed by atoms with Crippen LogP contribution in [0.15, 0.2) is 60.8 Å². The molecule has 0 aromatic carbocycles. The van der Waals surface area contributed by atoms with Crippen LogP contribution in [-0.4, -0.2) is 80.6 Å². The molecular formula is C52H92NO7+. The third-order valence-electron chi connectivity index (χ3n) is 10.7. The molecule has 0 radical (unpaired) electrons. The molecule has 8 heteroatoms. The topological polar surface area (TPSA) is 99.1 Å². The summed E-state index contributed by atoms with van der Waals surface area (Å²) in [6, 6.07) is -0.622. The molecule has 0 aromatic heterocycles. The van der Waals surface area contributed by atoms with Gasteiger partial charge in [0.2, 0.25) is 0 Å². The maximum Gasteiger partial charge on any atom is 0.362 e. The number of carbonyl (C=O) groups is 3. The second-order valence-electron chi connectivity index (χ2n) is 17.3. The number of hydrogen-bond donors (Lipinski definition) is 1. The average molecular weight is 843 g/mol. The molecule has 0 aromatic rings. The lowest BCUT2D eigenvalue weighted by Gasteiger charge is -2.31. The van der Waals surface area contributed by atoms with E-state index in [4.69, 9.17) is 14.2 Å². The van der Waals surface area contributed by atoms with Gasteiger partial charge in [-0.3, -0.25) is 9.59 Å². The molecule has 1 N–H and O–H groups in total. The smallest absolute Gasteiger partial charge is 0.362 e. The summed E-state index contributed by atoms with van der Waals surface area (Å²) in [5, 5.41) is 9.64. The van der Waals surface area contributed by atoms with Gasteiger partial charge in [-0.2, -0.15) is 0 Å². The van der Waals surface area contributed by atoms with Crippen molar-refractivity contribution in [2.75, 3.05) is 41.0 Å². The number of rotatable bonds is 43. The van der Waals surface area contributed by atoms with Crippen molar-refractivity contribution in [3.63, 3.8) is 0 Å². The van der Waals surface area contributed by atoms with Crippen molar-refractivity contribution >= 4 is 17.9 Å².